The number of benzene rings is 1. The Morgan fingerprint density at radius 1 is 1.37 bits per heavy atom. The van der Waals surface area contributed by atoms with E-state index in [0.29, 0.717) is 49.8 Å². The fraction of sp³-hybridized carbons (Fsp3) is 0.650. The van der Waals surface area contributed by atoms with E-state index < -0.39 is 10.0 Å². The summed E-state index contributed by atoms with van der Waals surface area (Å²) in [4.78, 5) is 12.1. The summed E-state index contributed by atoms with van der Waals surface area (Å²) >= 11 is 0. The fourth-order valence-corrected chi connectivity index (χ4v) is 4.28. The van der Waals surface area contributed by atoms with Crippen LogP contribution >= 0.6 is 0 Å². The number of epoxide rings is 1. The van der Waals surface area contributed by atoms with Gasteiger partial charge in [0.2, 0.25) is 10.0 Å². The Balaban J connectivity index is 1.97. The first-order chi connectivity index (χ1) is 12.7. The van der Waals surface area contributed by atoms with Crippen LogP contribution in [0.5, 0.6) is 0 Å². The maximum Gasteiger partial charge on any atom is 0.305 e. The molecule has 1 aliphatic rings. The number of ether oxygens (including phenoxy) is 2. The van der Waals surface area contributed by atoms with E-state index >= 15 is 0 Å². The van der Waals surface area contributed by atoms with E-state index in [2.05, 4.69) is 0 Å². The first-order valence-corrected chi connectivity index (χ1v) is 11.0. The summed E-state index contributed by atoms with van der Waals surface area (Å²) in [5.41, 5.74) is 1.84. The van der Waals surface area contributed by atoms with Crippen molar-refractivity contribution in [2.45, 2.75) is 57.5 Å². The number of nitrogens with zero attached hydrogens (tertiary/aromatic N) is 1. The van der Waals surface area contributed by atoms with Crippen LogP contribution in [0.2, 0.25) is 0 Å². The highest BCUT2D eigenvalue weighted by Crippen LogP contribution is 2.24. The third-order valence-electron chi connectivity index (χ3n) is 4.48. The lowest BCUT2D eigenvalue weighted by Gasteiger charge is -2.19. The quantitative estimate of drug-likeness (QED) is 0.424. The fourth-order valence-electron chi connectivity index (χ4n) is 2.81. The van der Waals surface area contributed by atoms with E-state index in [4.69, 9.17) is 9.47 Å². The van der Waals surface area contributed by atoms with E-state index in [1.807, 2.05) is 32.9 Å². The lowest BCUT2D eigenvalue weighted by Crippen LogP contribution is -2.31. The number of rotatable bonds is 11. The first-order valence-electron chi connectivity index (χ1n) is 9.59. The van der Waals surface area contributed by atoms with Gasteiger partial charge in [-0.15, -0.1) is 0 Å². The topological polar surface area (TPSA) is 76.2 Å². The molecule has 152 valence electrons. The SMILES string of the molecule is CCc1cc(CCCC(=O)OCC(C)C)ccc1S(=O)(=O)N(C)CC1CO1. The Labute approximate surface area is 162 Å². The van der Waals surface area contributed by atoms with Gasteiger partial charge in [-0.3, -0.25) is 4.79 Å². The molecular formula is C20H31NO5S. The van der Waals surface area contributed by atoms with Gasteiger partial charge in [-0.1, -0.05) is 32.9 Å². The zero-order valence-corrected chi connectivity index (χ0v) is 17.5. The smallest absolute Gasteiger partial charge is 0.305 e. The van der Waals surface area contributed by atoms with Gasteiger partial charge >= 0.3 is 5.97 Å². The minimum atomic E-state index is -3.52. The number of carbonyl (C=O) groups is 1. The van der Waals surface area contributed by atoms with Gasteiger partial charge in [0, 0.05) is 20.0 Å². The molecule has 0 amide bonds. The van der Waals surface area contributed by atoms with Gasteiger partial charge in [0.15, 0.2) is 0 Å². The van der Waals surface area contributed by atoms with Crippen molar-refractivity contribution in [1.29, 1.82) is 0 Å². The summed E-state index contributed by atoms with van der Waals surface area (Å²) < 4.78 is 37.3. The lowest BCUT2D eigenvalue weighted by molar-refractivity contribution is -0.144. The maximum absolute atomic E-state index is 12.8. The third-order valence-corrected chi connectivity index (χ3v) is 6.40. The third kappa shape index (κ3) is 6.59. The zero-order chi connectivity index (χ0) is 20.0. The van der Waals surface area contributed by atoms with Crippen LogP contribution in [-0.2, 0) is 37.1 Å². The monoisotopic (exact) mass is 397 g/mol. The molecule has 7 heteroatoms. The van der Waals surface area contributed by atoms with Crippen LogP contribution in [0.4, 0.5) is 0 Å². The van der Waals surface area contributed by atoms with Gasteiger partial charge in [-0.2, -0.15) is 4.31 Å². The highest BCUT2D eigenvalue weighted by molar-refractivity contribution is 7.89. The molecule has 1 saturated heterocycles. The molecule has 2 rings (SSSR count). The average molecular weight is 398 g/mol. The number of hydrogen-bond acceptors (Lipinski definition) is 5. The first kappa shape index (κ1) is 21.9. The second-order valence-corrected chi connectivity index (χ2v) is 9.48. The second-order valence-electron chi connectivity index (χ2n) is 7.47. The predicted octanol–water partition coefficient (Wildman–Crippen LogP) is 2.79. The van der Waals surface area contributed by atoms with Crippen LogP contribution in [0.25, 0.3) is 0 Å². The molecule has 1 atom stereocenters. The summed E-state index contributed by atoms with van der Waals surface area (Å²) in [5.74, 6) is 0.155. The minimum absolute atomic E-state index is 0.0181. The molecule has 0 aromatic heterocycles. The number of carbonyl (C=O) groups excluding carboxylic acids is 1. The highest BCUT2D eigenvalue weighted by Gasteiger charge is 2.31. The Morgan fingerprint density at radius 2 is 2.07 bits per heavy atom. The Bertz CT molecular complexity index is 741. The van der Waals surface area contributed by atoms with Crippen LogP contribution in [-0.4, -0.2) is 51.6 Å². The van der Waals surface area contributed by atoms with E-state index in [0.717, 1.165) is 17.5 Å². The maximum atomic E-state index is 12.8. The summed E-state index contributed by atoms with van der Waals surface area (Å²) in [6, 6.07) is 5.46. The van der Waals surface area contributed by atoms with E-state index in [-0.39, 0.29) is 12.1 Å². The molecule has 1 aliphatic heterocycles. The van der Waals surface area contributed by atoms with E-state index in [9.17, 15) is 13.2 Å². The van der Waals surface area contributed by atoms with Crippen molar-refractivity contribution >= 4 is 16.0 Å². The standard InChI is InChI=1S/C20H31NO5S/c1-5-17-11-16(7-6-8-20(22)26-13-15(2)3)9-10-19(17)27(23,24)21(4)12-18-14-25-18/h9-11,15,18H,5-8,12-14H2,1-4H3. The van der Waals surface area contributed by atoms with Crippen LogP contribution in [0.1, 0.15) is 44.7 Å². The minimum Gasteiger partial charge on any atom is -0.465 e. The Hall–Kier alpha value is -1.44. The van der Waals surface area contributed by atoms with Crippen molar-refractivity contribution in [2.75, 3.05) is 26.8 Å². The van der Waals surface area contributed by atoms with Crippen molar-refractivity contribution in [2.24, 2.45) is 5.92 Å². The molecule has 1 aromatic rings. The normalized spacial score (nSPS) is 16.7. The number of esters is 1. The Kier molecular flexibility index (Phi) is 7.82. The van der Waals surface area contributed by atoms with E-state index in [1.54, 1.807) is 13.1 Å². The molecule has 27 heavy (non-hydrogen) atoms. The molecular weight excluding hydrogens is 366 g/mol. The van der Waals surface area contributed by atoms with Gasteiger partial charge in [0.05, 0.1) is 24.2 Å². The molecule has 6 nitrogen and oxygen atoms in total. The number of sulfonamides is 1. The molecule has 0 bridgehead atoms. The summed E-state index contributed by atoms with van der Waals surface area (Å²) in [6.45, 7) is 7.41. The van der Waals surface area contributed by atoms with Gasteiger partial charge in [0.1, 0.15) is 0 Å². The molecule has 1 unspecified atom stereocenters. The molecule has 1 heterocycles. The molecule has 0 radical (unpaired) electrons. The largest absolute Gasteiger partial charge is 0.465 e. The van der Waals surface area contributed by atoms with Gasteiger partial charge in [-0.05, 0) is 42.4 Å². The van der Waals surface area contributed by atoms with Crippen molar-refractivity contribution in [3.8, 4) is 0 Å². The number of likely N-dealkylation sites (N-methyl/N-ethyl adjacent to an activating group) is 1. The molecule has 0 spiro atoms. The van der Waals surface area contributed by atoms with Crippen LogP contribution < -0.4 is 0 Å². The molecule has 1 aromatic carbocycles. The Morgan fingerprint density at radius 3 is 2.67 bits per heavy atom. The van der Waals surface area contributed by atoms with Crippen LogP contribution in [0, 0.1) is 5.92 Å². The molecule has 0 N–H and O–H groups in total. The van der Waals surface area contributed by atoms with Crippen LogP contribution in [0.15, 0.2) is 23.1 Å². The average Bonchev–Trinajstić information content (AvgIpc) is 3.43. The van der Waals surface area contributed by atoms with Crippen molar-refractivity contribution in [1.82, 2.24) is 4.31 Å². The molecule has 1 fully saturated rings. The van der Waals surface area contributed by atoms with Crippen molar-refractivity contribution in [3.05, 3.63) is 29.3 Å². The van der Waals surface area contributed by atoms with Crippen LogP contribution in [0.3, 0.4) is 0 Å². The van der Waals surface area contributed by atoms with Crippen molar-refractivity contribution < 1.29 is 22.7 Å². The van der Waals surface area contributed by atoms with Gasteiger partial charge in [-0.25, -0.2) is 8.42 Å². The summed E-state index contributed by atoms with van der Waals surface area (Å²) in [6.07, 6.45) is 2.43. The van der Waals surface area contributed by atoms with E-state index in [1.165, 1.54) is 4.31 Å². The highest BCUT2D eigenvalue weighted by atomic mass is 32.2. The summed E-state index contributed by atoms with van der Waals surface area (Å²) in [5, 5.41) is 0. The van der Waals surface area contributed by atoms with Crippen molar-refractivity contribution in [3.63, 3.8) is 0 Å². The second kappa shape index (κ2) is 9.66. The van der Waals surface area contributed by atoms with Gasteiger partial charge in [0.25, 0.3) is 0 Å². The zero-order valence-electron chi connectivity index (χ0n) is 16.7. The predicted molar refractivity (Wildman–Crippen MR) is 104 cm³/mol. The summed E-state index contributed by atoms with van der Waals surface area (Å²) in [7, 11) is -1.93. The lowest BCUT2D eigenvalue weighted by atomic mass is 10.0. The molecule has 0 aliphatic carbocycles. The number of hydrogen-bond donors (Lipinski definition) is 0. The molecule has 0 saturated carbocycles. The number of aryl methyl sites for hydroxylation is 2. The van der Waals surface area contributed by atoms with Gasteiger partial charge < -0.3 is 9.47 Å².